The van der Waals surface area contributed by atoms with Crippen molar-refractivity contribution in [2.24, 2.45) is 0 Å². The van der Waals surface area contributed by atoms with Crippen LogP contribution in [0.5, 0.6) is 5.75 Å². The van der Waals surface area contributed by atoms with Crippen LogP contribution in [0.25, 0.3) is 0 Å². The van der Waals surface area contributed by atoms with Gasteiger partial charge in [-0.2, -0.15) is 0 Å². The summed E-state index contributed by atoms with van der Waals surface area (Å²) in [6.45, 7) is 0. The molecule has 0 aliphatic rings. The molecule has 0 heterocycles. The second-order valence-corrected chi connectivity index (χ2v) is 5.21. The van der Waals surface area contributed by atoms with Crippen molar-refractivity contribution >= 4 is 20.2 Å². The Morgan fingerprint density at radius 3 is 1.41 bits per heavy atom. The first kappa shape index (κ1) is 20.2. The van der Waals surface area contributed by atoms with Crippen molar-refractivity contribution < 1.29 is 90.2 Å². The van der Waals surface area contributed by atoms with Gasteiger partial charge in [0.15, 0.2) is 5.75 Å². The Kier molecular flexibility index (Phi) is 8.12. The first-order valence-corrected chi connectivity index (χ1v) is 6.19. The summed E-state index contributed by atoms with van der Waals surface area (Å²) in [5.74, 6) is -1.34. The number of hydrogen-bond donors (Lipinski definition) is 1. The van der Waals surface area contributed by atoms with Crippen molar-refractivity contribution in [1.29, 1.82) is 0 Å². The number of benzene rings is 1. The minimum Gasteiger partial charge on any atom is -0.744 e. The summed E-state index contributed by atoms with van der Waals surface area (Å²) < 4.78 is 63.1. The average Bonchev–Trinajstić information content (AvgIpc) is 1.99. The molecule has 1 aromatic rings. The molecule has 84 valence electrons. The predicted octanol–water partition coefficient (Wildman–Crippen LogP) is -6.79. The summed E-state index contributed by atoms with van der Waals surface area (Å²) in [4.78, 5) is -2.28. The standard InChI is InChI=1S/C6H6O7S2.2Na/c7-6-4(14(8,9)10)2-1-3-5(6)15(11,12)13;;/h1-3,7H,(H,8,9,10)(H,11,12,13);;/q;2*+1/p-2. The van der Waals surface area contributed by atoms with Gasteiger partial charge in [0, 0.05) is 0 Å². The van der Waals surface area contributed by atoms with Gasteiger partial charge >= 0.3 is 59.1 Å². The van der Waals surface area contributed by atoms with E-state index in [0.717, 1.165) is 6.07 Å². The summed E-state index contributed by atoms with van der Waals surface area (Å²) in [7, 11) is -10.0. The van der Waals surface area contributed by atoms with Crippen LogP contribution in [0, 0.1) is 0 Å². The van der Waals surface area contributed by atoms with E-state index in [4.69, 9.17) is 5.11 Å². The van der Waals surface area contributed by atoms with Gasteiger partial charge < -0.3 is 14.2 Å². The van der Waals surface area contributed by atoms with E-state index in [1.807, 2.05) is 0 Å². The molecule has 0 radical (unpaired) electrons. The van der Waals surface area contributed by atoms with Gasteiger partial charge in [-0.05, 0) is 12.1 Å². The van der Waals surface area contributed by atoms with Crippen molar-refractivity contribution in [2.45, 2.75) is 9.79 Å². The fourth-order valence-corrected chi connectivity index (χ4v) is 2.15. The fraction of sp³-hybridized carbons (Fsp3) is 0. The topological polar surface area (TPSA) is 135 Å². The molecule has 0 aromatic heterocycles. The Balaban J connectivity index is 0. The molecule has 1 aromatic carbocycles. The summed E-state index contributed by atoms with van der Waals surface area (Å²) in [5.41, 5.74) is 0. The molecule has 0 bridgehead atoms. The molecule has 0 fully saturated rings. The Labute approximate surface area is 142 Å². The van der Waals surface area contributed by atoms with E-state index in [1.54, 1.807) is 0 Å². The molecule has 11 heteroatoms. The third-order valence-corrected chi connectivity index (χ3v) is 3.24. The number of rotatable bonds is 2. The molecular weight excluding hydrogens is 294 g/mol. The van der Waals surface area contributed by atoms with Gasteiger partial charge in [-0.3, -0.25) is 0 Å². The second-order valence-electron chi connectivity index (χ2n) is 2.51. The van der Waals surface area contributed by atoms with Gasteiger partial charge in [0.1, 0.15) is 20.2 Å². The van der Waals surface area contributed by atoms with E-state index < -0.39 is 35.8 Å². The Bertz CT molecular complexity index is 543. The smallest absolute Gasteiger partial charge is 0.744 e. The van der Waals surface area contributed by atoms with E-state index in [2.05, 4.69) is 0 Å². The molecule has 0 atom stereocenters. The Morgan fingerprint density at radius 2 is 1.18 bits per heavy atom. The van der Waals surface area contributed by atoms with Crippen LogP contribution in [0.3, 0.4) is 0 Å². The molecule has 17 heavy (non-hydrogen) atoms. The number of para-hydroxylation sites is 1. The number of hydrogen-bond acceptors (Lipinski definition) is 7. The second kappa shape index (κ2) is 6.85. The Morgan fingerprint density at radius 1 is 0.882 bits per heavy atom. The molecule has 0 unspecified atom stereocenters. The monoisotopic (exact) mass is 298 g/mol. The van der Waals surface area contributed by atoms with E-state index in [-0.39, 0.29) is 59.1 Å². The fourth-order valence-electron chi connectivity index (χ4n) is 0.906. The van der Waals surface area contributed by atoms with Crippen LogP contribution in [-0.4, -0.2) is 31.0 Å². The van der Waals surface area contributed by atoms with E-state index in [1.165, 1.54) is 0 Å². The maximum absolute atomic E-state index is 10.5. The predicted molar refractivity (Wildman–Crippen MR) is 44.0 cm³/mol. The minimum atomic E-state index is -5.02. The Hall–Kier alpha value is 0.840. The zero-order chi connectivity index (χ0) is 11.9. The summed E-state index contributed by atoms with van der Waals surface area (Å²) in [5, 5.41) is 9.10. The third kappa shape index (κ3) is 5.15. The molecule has 0 amide bonds. The SMILES string of the molecule is O=S(=O)([O-])c1cccc(S(=O)(=O)[O-])c1O.[Na+].[Na+]. The van der Waals surface area contributed by atoms with E-state index >= 15 is 0 Å². The first-order chi connectivity index (χ1) is 6.64. The third-order valence-electron chi connectivity index (χ3n) is 1.50. The van der Waals surface area contributed by atoms with Crippen LogP contribution in [-0.2, 0) is 20.2 Å². The van der Waals surface area contributed by atoms with Crippen LogP contribution in [0.2, 0.25) is 0 Å². The van der Waals surface area contributed by atoms with Crippen molar-refractivity contribution in [1.82, 2.24) is 0 Å². The number of aromatic hydroxyl groups is 1. The molecular formula is C6H4Na2O7S2. The molecule has 1 N–H and O–H groups in total. The minimum absolute atomic E-state index is 0. The zero-order valence-electron chi connectivity index (χ0n) is 8.95. The molecule has 1 rings (SSSR count). The van der Waals surface area contributed by atoms with Crippen molar-refractivity contribution in [3.8, 4) is 5.75 Å². The van der Waals surface area contributed by atoms with Gasteiger partial charge in [-0.1, -0.05) is 6.07 Å². The number of phenols is 1. The van der Waals surface area contributed by atoms with Crippen molar-refractivity contribution in [3.05, 3.63) is 18.2 Å². The first-order valence-electron chi connectivity index (χ1n) is 3.38. The van der Waals surface area contributed by atoms with Crippen molar-refractivity contribution in [3.63, 3.8) is 0 Å². The van der Waals surface area contributed by atoms with Gasteiger partial charge in [-0.25, -0.2) is 16.8 Å². The maximum atomic E-state index is 10.5. The maximum Gasteiger partial charge on any atom is 1.00 e. The van der Waals surface area contributed by atoms with E-state index in [0.29, 0.717) is 12.1 Å². The van der Waals surface area contributed by atoms with Crippen LogP contribution < -0.4 is 59.1 Å². The van der Waals surface area contributed by atoms with Crippen LogP contribution in [0.1, 0.15) is 0 Å². The largest absolute Gasteiger partial charge is 1.00 e. The molecule has 0 saturated carbocycles. The normalized spacial score (nSPS) is 11.2. The molecule has 0 aliphatic heterocycles. The van der Waals surface area contributed by atoms with Crippen LogP contribution in [0.4, 0.5) is 0 Å². The molecule has 7 nitrogen and oxygen atoms in total. The van der Waals surface area contributed by atoms with E-state index in [9.17, 15) is 25.9 Å². The van der Waals surface area contributed by atoms with Gasteiger partial charge in [0.05, 0.1) is 9.79 Å². The quantitative estimate of drug-likeness (QED) is 0.423. The summed E-state index contributed by atoms with van der Waals surface area (Å²) in [6, 6.07) is 2.27. The summed E-state index contributed by atoms with van der Waals surface area (Å²) >= 11 is 0. The number of phenolic OH excluding ortho intramolecular Hbond substituents is 1. The van der Waals surface area contributed by atoms with Crippen LogP contribution >= 0.6 is 0 Å². The molecule has 0 spiro atoms. The summed E-state index contributed by atoms with van der Waals surface area (Å²) in [6.07, 6.45) is 0. The van der Waals surface area contributed by atoms with Gasteiger partial charge in [0.25, 0.3) is 0 Å². The zero-order valence-corrected chi connectivity index (χ0v) is 14.6. The van der Waals surface area contributed by atoms with Gasteiger partial charge in [0.2, 0.25) is 0 Å². The van der Waals surface area contributed by atoms with Crippen molar-refractivity contribution in [2.75, 3.05) is 0 Å². The molecule has 0 saturated heterocycles. The molecule has 0 aliphatic carbocycles. The van der Waals surface area contributed by atoms with Gasteiger partial charge in [-0.15, -0.1) is 0 Å². The van der Waals surface area contributed by atoms with Crippen LogP contribution in [0.15, 0.2) is 28.0 Å². The average molecular weight is 298 g/mol.